The van der Waals surface area contributed by atoms with Crippen molar-refractivity contribution in [3.63, 3.8) is 0 Å². The van der Waals surface area contributed by atoms with E-state index in [0.717, 1.165) is 17.2 Å². The SMILES string of the molecule is CCC(CCCSc1ccccn1)(NC)C(=O)O. The molecule has 0 saturated heterocycles. The second-order valence-corrected chi connectivity index (χ2v) is 5.23. The molecule has 0 fully saturated rings. The minimum Gasteiger partial charge on any atom is -0.480 e. The first kappa shape index (κ1) is 15.0. The van der Waals surface area contributed by atoms with Crippen molar-refractivity contribution in [1.29, 1.82) is 0 Å². The summed E-state index contributed by atoms with van der Waals surface area (Å²) in [6.07, 6.45) is 3.84. The lowest BCUT2D eigenvalue weighted by atomic mass is 9.91. The van der Waals surface area contributed by atoms with Gasteiger partial charge in [-0.2, -0.15) is 0 Å². The lowest BCUT2D eigenvalue weighted by Crippen LogP contribution is -2.49. The summed E-state index contributed by atoms with van der Waals surface area (Å²) < 4.78 is 0. The number of nitrogens with one attached hydrogen (secondary N) is 1. The number of aliphatic carboxylic acids is 1. The quantitative estimate of drug-likeness (QED) is 0.560. The van der Waals surface area contributed by atoms with E-state index >= 15 is 0 Å². The van der Waals surface area contributed by atoms with E-state index in [1.807, 2.05) is 25.1 Å². The van der Waals surface area contributed by atoms with Crippen molar-refractivity contribution in [2.75, 3.05) is 12.8 Å². The molecule has 1 aromatic rings. The number of thioether (sulfide) groups is 1. The van der Waals surface area contributed by atoms with Crippen molar-refractivity contribution in [1.82, 2.24) is 10.3 Å². The Morgan fingerprint density at radius 2 is 2.33 bits per heavy atom. The second kappa shape index (κ2) is 7.38. The van der Waals surface area contributed by atoms with Gasteiger partial charge in [0, 0.05) is 6.20 Å². The number of carboxylic acid groups (broad SMARTS) is 1. The largest absolute Gasteiger partial charge is 0.480 e. The summed E-state index contributed by atoms with van der Waals surface area (Å²) >= 11 is 1.66. The van der Waals surface area contributed by atoms with Gasteiger partial charge in [0.05, 0.1) is 5.03 Å². The fourth-order valence-electron chi connectivity index (χ4n) is 1.83. The van der Waals surface area contributed by atoms with Gasteiger partial charge in [-0.25, -0.2) is 4.98 Å². The van der Waals surface area contributed by atoms with Gasteiger partial charge >= 0.3 is 5.97 Å². The lowest BCUT2D eigenvalue weighted by Gasteiger charge is -2.27. The Morgan fingerprint density at radius 1 is 1.56 bits per heavy atom. The van der Waals surface area contributed by atoms with Gasteiger partial charge in [0.15, 0.2) is 0 Å². The Hall–Kier alpha value is -1.07. The summed E-state index contributed by atoms with van der Waals surface area (Å²) in [5.74, 6) is 0.114. The zero-order chi connectivity index (χ0) is 13.4. The highest BCUT2D eigenvalue weighted by atomic mass is 32.2. The van der Waals surface area contributed by atoms with E-state index in [-0.39, 0.29) is 0 Å². The summed E-state index contributed by atoms with van der Waals surface area (Å²) in [5, 5.41) is 13.2. The van der Waals surface area contributed by atoms with E-state index in [1.54, 1.807) is 25.0 Å². The first-order valence-corrected chi connectivity index (χ1v) is 7.09. The molecule has 0 aliphatic carbocycles. The number of rotatable bonds is 8. The maximum absolute atomic E-state index is 11.3. The van der Waals surface area contributed by atoms with Crippen LogP contribution in [0, 0.1) is 0 Å². The van der Waals surface area contributed by atoms with Crippen LogP contribution >= 0.6 is 11.8 Å². The minimum atomic E-state index is -0.787. The molecule has 0 aliphatic rings. The van der Waals surface area contributed by atoms with E-state index in [0.29, 0.717) is 12.8 Å². The van der Waals surface area contributed by atoms with Crippen LogP contribution in [0.2, 0.25) is 0 Å². The minimum absolute atomic E-state index is 0.590. The van der Waals surface area contributed by atoms with Crippen molar-refractivity contribution in [3.05, 3.63) is 24.4 Å². The van der Waals surface area contributed by atoms with Crippen molar-refractivity contribution < 1.29 is 9.90 Å². The molecular weight excluding hydrogens is 248 g/mol. The molecule has 4 nitrogen and oxygen atoms in total. The molecule has 100 valence electrons. The van der Waals surface area contributed by atoms with Gasteiger partial charge in [0.2, 0.25) is 0 Å². The van der Waals surface area contributed by atoms with Crippen LogP contribution in [-0.2, 0) is 4.79 Å². The van der Waals surface area contributed by atoms with Crippen LogP contribution in [0.25, 0.3) is 0 Å². The third kappa shape index (κ3) is 3.99. The molecule has 1 rings (SSSR count). The predicted octanol–water partition coefficient (Wildman–Crippen LogP) is 2.41. The fourth-order valence-corrected chi connectivity index (χ4v) is 2.63. The molecule has 2 N–H and O–H groups in total. The highest BCUT2D eigenvalue weighted by Crippen LogP contribution is 2.21. The maximum Gasteiger partial charge on any atom is 0.323 e. The number of carboxylic acids is 1. The summed E-state index contributed by atoms with van der Waals surface area (Å²) in [5.41, 5.74) is -0.787. The van der Waals surface area contributed by atoms with Crippen LogP contribution in [0.3, 0.4) is 0 Å². The van der Waals surface area contributed by atoms with E-state index in [9.17, 15) is 9.90 Å². The summed E-state index contributed by atoms with van der Waals surface area (Å²) in [7, 11) is 1.71. The highest BCUT2D eigenvalue weighted by molar-refractivity contribution is 7.99. The van der Waals surface area contributed by atoms with Gasteiger partial charge < -0.3 is 10.4 Å². The standard InChI is InChI=1S/C13H20N2O2S/c1-3-13(14-2,12(16)17)8-6-10-18-11-7-4-5-9-15-11/h4-5,7,9,14H,3,6,8,10H2,1-2H3,(H,16,17). The van der Waals surface area contributed by atoms with Crippen LogP contribution in [0.15, 0.2) is 29.4 Å². The topological polar surface area (TPSA) is 62.2 Å². The number of hydrogen-bond donors (Lipinski definition) is 2. The molecule has 0 radical (unpaired) electrons. The van der Waals surface area contributed by atoms with E-state index in [4.69, 9.17) is 0 Å². The Kier molecular flexibility index (Phi) is 6.15. The van der Waals surface area contributed by atoms with Crippen molar-refractivity contribution in [2.45, 2.75) is 36.8 Å². The number of aromatic nitrogens is 1. The first-order chi connectivity index (χ1) is 8.64. The zero-order valence-electron chi connectivity index (χ0n) is 10.8. The van der Waals surface area contributed by atoms with Gasteiger partial charge in [-0.05, 0) is 44.2 Å². The molecule has 1 unspecified atom stereocenters. The van der Waals surface area contributed by atoms with Crippen LogP contribution in [0.5, 0.6) is 0 Å². The Morgan fingerprint density at radius 3 is 2.83 bits per heavy atom. The molecule has 0 aromatic carbocycles. The van der Waals surface area contributed by atoms with E-state index in [2.05, 4.69) is 10.3 Å². The van der Waals surface area contributed by atoms with Gasteiger partial charge in [0.25, 0.3) is 0 Å². The summed E-state index contributed by atoms with van der Waals surface area (Å²) in [6, 6.07) is 5.81. The molecule has 0 spiro atoms. The lowest BCUT2D eigenvalue weighted by molar-refractivity contribution is -0.145. The monoisotopic (exact) mass is 268 g/mol. The number of nitrogens with zero attached hydrogens (tertiary/aromatic N) is 1. The smallest absolute Gasteiger partial charge is 0.323 e. The van der Waals surface area contributed by atoms with Crippen LogP contribution in [0.1, 0.15) is 26.2 Å². The number of pyridine rings is 1. The zero-order valence-corrected chi connectivity index (χ0v) is 11.7. The summed E-state index contributed by atoms with van der Waals surface area (Å²) in [6.45, 7) is 1.90. The Bertz CT molecular complexity index is 367. The maximum atomic E-state index is 11.3. The molecule has 0 saturated carbocycles. The van der Waals surface area contributed by atoms with Gasteiger partial charge in [-0.3, -0.25) is 4.79 Å². The van der Waals surface area contributed by atoms with Crippen LogP contribution in [0.4, 0.5) is 0 Å². The molecule has 1 heterocycles. The average Bonchev–Trinajstić information content (AvgIpc) is 2.40. The summed E-state index contributed by atoms with van der Waals surface area (Å²) in [4.78, 5) is 15.5. The molecule has 0 aliphatic heterocycles. The normalized spacial score (nSPS) is 14.1. The molecular formula is C13H20N2O2S. The van der Waals surface area contributed by atoms with Gasteiger partial charge in [-0.1, -0.05) is 13.0 Å². The van der Waals surface area contributed by atoms with E-state index in [1.165, 1.54) is 0 Å². The van der Waals surface area contributed by atoms with Crippen molar-refractivity contribution >= 4 is 17.7 Å². The molecule has 1 atom stereocenters. The predicted molar refractivity (Wildman–Crippen MR) is 73.9 cm³/mol. The molecule has 0 amide bonds. The third-order valence-corrected chi connectivity index (χ3v) is 4.16. The number of hydrogen-bond acceptors (Lipinski definition) is 4. The highest BCUT2D eigenvalue weighted by Gasteiger charge is 2.33. The average molecular weight is 268 g/mol. The van der Waals surface area contributed by atoms with Crippen molar-refractivity contribution in [2.24, 2.45) is 0 Å². The Labute approximate surface area is 112 Å². The van der Waals surface area contributed by atoms with Crippen LogP contribution < -0.4 is 5.32 Å². The third-order valence-electron chi connectivity index (χ3n) is 3.13. The van der Waals surface area contributed by atoms with Crippen LogP contribution in [-0.4, -0.2) is 34.4 Å². The van der Waals surface area contributed by atoms with Gasteiger partial charge in [-0.15, -0.1) is 11.8 Å². The molecule has 0 bridgehead atoms. The Balaban J connectivity index is 2.38. The molecule has 18 heavy (non-hydrogen) atoms. The van der Waals surface area contributed by atoms with Gasteiger partial charge in [0.1, 0.15) is 5.54 Å². The first-order valence-electron chi connectivity index (χ1n) is 6.11. The number of carbonyl (C=O) groups is 1. The van der Waals surface area contributed by atoms with E-state index < -0.39 is 11.5 Å². The molecule has 1 aromatic heterocycles. The fraction of sp³-hybridized carbons (Fsp3) is 0.538. The second-order valence-electron chi connectivity index (χ2n) is 4.11. The van der Waals surface area contributed by atoms with Crippen molar-refractivity contribution in [3.8, 4) is 0 Å². The number of likely N-dealkylation sites (N-methyl/N-ethyl adjacent to an activating group) is 1. The molecule has 5 heteroatoms.